The first-order valence-electron chi connectivity index (χ1n) is 37.4. The van der Waals surface area contributed by atoms with Crippen LogP contribution in [0.1, 0.15) is 138 Å². The summed E-state index contributed by atoms with van der Waals surface area (Å²) in [6.45, 7) is 21.8. The van der Waals surface area contributed by atoms with Gasteiger partial charge >= 0.3 is 20.8 Å². The van der Waals surface area contributed by atoms with Crippen molar-refractivity contribution in [3.05, 3.63) is 49.1 Å². The molecule has 0 aromatic carbocycles. The average Bonchev–Trinajstić information content (AvgIpc) is 0.812. The first-order chi connectivity index (χ1) is 49.9. The van der Waals surface area contributed by atoms with Gasteiger partial charge in [0.2, 0.25) is 0 Å². The molecule has 106 heavy (non-hydrogen) atoms. The summed E-state index contributed by atoms with van der Waals surface area (Å²) in [7, 11) is -9.70. The Labute approximate surface area is 617 Å². The van der Waals surface area contributed by atoms with Crippen molar-refractivity contribution in [2.45, 2.75) is 362 Å². The first kappa shape index (κ1) is 80.3. The first-order valence-corrected chi connectivity index (χ1v) is 40.2. The third kappa shape index (κ3) is 16.1. The van der Waals surface area contributed by atoms with Crippen molar-refractivity contribution in [3.63, 3.8) is 0 Å². The Bertz CT molecular complexity index is 3410. The molecular weight excluding hydrogens is 1440 g/mol. The summed E-state index contributed by atoms with van der Waals surface area (Å²) < 4.78 is 189. The average molecular weight is 1550 g/mol. The highest BCUT2D eigenvalue weighted by Crippen LogP contribution is 2.55. The summed E-state index contributed by atoms with van der Waals surface area (Å²) >= 11 is 0. The van der Waals surface area contributed by atoms with Crippen LogP contribution in [0, 0.1) is 5.92 Å². The van der Waals surface area contributed by atoms with Crippen LogP contribution in [0.5, 0.6) is 0 Å². The van der Waals surface area contributed by atoms with Gasteiger partial charge < -0.3 is 121 Å². The van der Waals surface area contributed by atoms with Gasteiger partial charge in [0.05, 0.1) is 141 Å². The molecule has 10 N–H and O–H groups in total. The van der Waals surface area contributed by atoms with E-state index in [-0.39, 0.29) is 50.2 Å². The molecule has 33 nitrogen and oxygen atoms in total. The van der Waals surface area contributed by atoms with E-state index in [0.29, 0.717) is 69.8 Å². The molecule has 35 heteroatoms. The van der Waals surface area contributed by atoms with Crippen molar-refractivity contribution in [1.82, 2.24) is 0 Å². The smallest absolute Gasteiger partial charge is 0.394 e. The number of fused-ring (bicyclic) bond motifs is 10. The zero-order chi connectivity index (χ0) is 75.7. The van der Waals surface area contributed by atoms with Crippen molar-refractivity contribution in [1.29, 1.82) is 0 Å². The Morgan fingerprint density at radius 1 is 0.594 bits per heavy atom. The van der Waals surface area contributed by atoms with E-state index < -0.39 is 259 Å². The molecule has 14 rings (SSSR count). The van der Waals surface area contributed by atoms with Gasteiger partial charge in [-0.05, 0) is 97.5 Å². The predicted molar refractivity (Wildman–Crippen MR) is 360 cm³/mol. The Morgan fingerprint density at radius 2 is 1.12 bits per heavy atom. The molecule has 0 saturated carbocycles. The molecule has 0 amide bonds. The number of aliphatic hydroxyl groups is 8. The van der Waals surface area contributed by atoms with Crippen molar-refractivity contribution in [2.24, 2.45) is 5.92 Å². The lowest BCUT2D eigenvalue weighted by molar-refractivity contribution is -0.387. The summed E-state index contributed by atoms with van der Waals surface area (Å²) in [5.41, 5.74) is -4.46. The minimum atomic E-state index is -4.96. The number of allylic oxidation sites excluding steroid dienone is 3. The van der Waals surface area contributed by atoms with Crippen LogP contribution in [0.2, 0.25) is 0 Å². The Kier molecular flexibility index (Phi) is 23.3. The highest BCUT2D eigenvalue weighted by Gasteiger charge is 2.67. The fraction of sp³-hybridized carbons (Fsp3) is 0.887. The quantitative estimate of drug-likeness (QED) is 0.0329. The van der Waals surface area contributed by atoms with Crippen molar-refractivity contribution < 1.29 is 156 Å². The van der Waals surface area contributed by atoms with E-state index in [1.165, 1.54) is 0 Å². The number of aliphatic hydroxyl groups excluding tert-OH is 7. The second-order valence-electron chi connectivity index (χ2n) is 32.9. The number of hydrogen-bond acceptors (Lipinski definition) is 31. The van der Waals surface area contributed by atoms with Crippen LogP contribution in [0.3, 0.4) is 0 Å². The molecule has 38 unspecified atom stereocenters. The lowest BCUT2D eigenvalue weighted by atomic mass is 9.72. The maximum Gasteiger partial charge on any atom is 0.397 e. The van der Waals surface area contributed by atoms with Gasteiger partial charge in [-0.2, -0.15) is 16.8 Å². The van der Waals surface area contributed by atoms with Crippen LogP contribution in [-0.4, -0.2) is 317 Å². The highest BCUT2D eigenvalue weighted by molar-refractivity contribution is 7.81. The standard InChI is InChI=1S/C71H108O33S2/c1-10-12-32(2)13-17-67(5,79)62-34(4)21-43-42(95-62)27-53-71(9,102-43)63(100-66-59(78)56(75)49(98-66)31-87-65-58(77)55(74)48(97-65)30-86-64-57(76)54(73)47(29-72)96-64)61-46(94-53)25-45-60(99-61)33(3)14-18-69(7)51(93-45)28-50-70(8,104-69)19-15-35-36(92-50)22-38-37(89-35)23-39-40(90-38)24-44-41(91-39)26-52(103-106(83,84)85)68(6,101-44)16-11-20-88-105(80,81)82/h10,13,17,33,35-66,72-79H,1-2,4,11-12,14-16,18-31H2,3,5-9H3,(H,80,81,82)(H,83,84,85). The molecule has 0 spiro atoms. The van der Waals surface area contributed by atoms with Gasteiger partial charge in [0.25, 0.3) is 0 Å². The number of ether oxygens (including phenoxy) is 17. The lowest BCUT2D eigenvalue weighted by Crippen LogP contribution is -2.75. The second kappa shape index (κ2) is 30.8. The molecule has 0 aromatic rings. The molecule has 0 radical (unpaired) electrons. The van der Waals surface area contributed by atoms with E-state index in [0.717, 1.165) is 5.57 Å². The predicted octanol–water partition coefficient (Wildman–Crippen LogP) is 0.840. The van der Waals surface area contributed by atoms with Crippen LogP contribution < -0.4 is 0 Å². The topological polar surface area (TPSA) is 446 Å². The second-order valence-corrected chi connectivity index (χ2v) is 35.0. The van der Waals surface area contributed by atoms with E-state index in [9.17, 15) is 62.2 Å². The SMILES string of the molecule is C=CCC(=C)C=CC(C)(O)C1OC2CC3OC4CC5OC6CC7OC8CC9OC%10CC%11OC(C)(CCCOS(=O)(=O)O)C(OS(=O)(=O)O)CC%11OC%10CC9OC8CCC7(C)OC6(C)CCC(C)C5OC4C(OC4OC(COC5OC(COC6OC(CO)C(O)C6O)C(O)C5O)C(O)C4O)C3(C)OC2CC1=C. The van der Waals surface area contributed by atoms with Crippen molar-refractivity contribution in [3.8, 4) is 0 Å². The van der Waals surface area contributed by atoms with Gasteiger partial charge in [0.15, 0.2) is 18.9 Å². The summed E-state index contributed by atoms with van der Waals surface area (Å²) in [5.74, 6) is -0.128. The van der Waals surface area contributed by atoms with Gasteiger partial charge in [-0.15, -0.1) is 6.58 Å². The van der Waals surface area contributed by atoms with Crippen LogP contribution in [0.4, 0.5) is 0 Å². The molecule has 38 atom stereocenters. The highest BCUT2D eigenvalue weighted by atomic mass is 32.3. The number of hydrogen-bond donors (Lipinski definition) is 10. The Balaban J connectivity index is 0.664. The molecule has 602 valence electrons. The molecule has 14 saturated heterocycles. The molecule has 14 heterocycles. The Morgan fingerprint density at radius 3 is 1.74 bits per heavy atom. The zero-order valence-electron chi connectivity index (χ0n) is 60.5. The van der Waals surface area contributed by atoms with Gasteiger partial charge in [-0.1, -0.05) is 43.9 Å². The minimum absolute atomic E-state index is 0.0210. The van der Waals surface area contributed by atoms with E-state index in [4.69, 9.17) is 89.3 Å². The van der Waals surface area contributed by atoms with E-state index in [2.05, 4.69) is 44.7 Å². The van der Waals surface area contributed by atoms with E-state index in [1.54, 1.807) is 32.1 Å². The molecule has 0 aromatic heterocycles. The largest absolute Gasteiger partial charge is 0.397 e. The van der Waals surface area contributed by atoms with Gasteiger partial charge in [-0.25, -0.2) is 8.37 Å². The molecule has 0 aliphatic carbocycles. The molecule has 0 bridgehead atoms. The van der Waals surface area contributed by atoms with Gasteiger partial charge in [0.1, 0.15) is 90.6 Å². The van der Waals surface area contributed by atoms with Crippen LogP contribution >= 0.6 is 0 Å². The van der Waals surface area contributed by atoms with Crippen molar-refractivity contribution in [2.75, 3.05) is 26.4 Å². The van der Waals surface area contributed by atoms with Crippen LogP contribution in [0.15, 0.2) is 49.1 Å². The van der Waals surface area contributed by atoms with Gasteiger partial charge in [0, 0.05) is 44.9 Å². The van der Waals surface area contributed by atoms with E-state index >= 15 is 0 Å². The molecule has 14 aliphatic heterocycles. The number of rotatable bonds is 21. The summed E-state index contributed by atoms with van der Waals surface area (Å²) in [4.78, 5) is 0. The molecule has 14 fully saturated rings. The maximum absolute atomic E-state index is 12.1. The normalized spacial score (nSPS) is 51.4. The third-order valence-corrected chi connectivity index (χ3v) is 26.0. The monoisotopic (exact) mass is 1550 g/mol. The van der Waals surface area contributed by atoms with Crippen molar-refractivity contribution >= 4 is 20.8 Å². The fourth-order valence-corrected chi connectivity index (χ4v) is 20.1. The summed E-state index contributed by atoms with van der Waals surface area (Å²) in [6, 6.07) is 0. The van der Waals surface area contributed by atoms with Crippen LogP contribution in [-0.2, 0) is 110 Å². The summed E-state index contributed by atoms with van der Waals surface area (Å²) in [6.07, 6.45) is -19.1. The maximum atomic E-state index is 12.1. The summed E-state index contributed by atoms with van der Waals surface area (Å²) in [5, 5.41) is 87.7. The fourth-order valence-electron chi connectivity index (χ4n) is 19.2. The van der Waals surface area contributed by atoms with Gasteiger partial charge in [-0.3, -0.25) is 9.11 Å². The third-order valence-electron chi connectivity index (χ3n) is 25.1. The Hall–Kier alpha value is -2.30. The minimum Gasteiger partial charge on any atom is -0.394 e. The molecule has 14 aliphatic rings. The van der Waals surface area contributed by atoms with E-state index in [1.807, 2.05) is 6.92 Å². The zero-order valence-corrected chi connectivity index (χ0v) is 62.2. The molecular formula is C71H108O33S2. The van der Waals surface area contributed by atoms with Crippen LogP contribution in [0.25, 0.3) is 0 Å². The lowest BCUT2D eigenvalue weighted by Gasteiger charge is -2.61.